The largest absolute Gasteiger partial charge is 0.378 e. The highest BCUT2D eigenvalue weighted by atomic mass is 16.5. The average Bonchev–Trinajstić information content (AvgIpc) is 2.29. The molecule has 2 rings (SSSR count). The third-order valence-electron chi connectivity index (χ3n) is 2.45. The van der Waals surface area contributed by atoms with Crippen LogP contribution in [0.25, 0.3) is 0 Å². The van der Waals surface area contributed by atoms with Crippen molar-refractivity contribution in [3.8, 4) is 0 Å². The molecule has 1 aromatic heterocycles. The second kappa shape index (κ2) is 4.87. The van der Waals surface area contributed by atoms with Crippen molar-refractivity contribution in [3.05, 3.63) is 12.4 Å². The van der Waals surface area contributed by atoms with Gasteiger partial charge in [0.2, 0.25) is 5.95 Å². The van der Waals surface area contributed by atoms with Crippen molar-refractivity contribution in [1.82, 2.24) is 9.97 Å². The Balaban J connectivity index is 2.02. The molecule has 1 N–H and O–H groups in total. The summed E-state index contributed by atoms with van der Waals surface area (Å²) in [7, 11) is 0. The van der Waals surface area contributed by atoms with Gasteiger partial charge in [-0.2, -0.15) is 0 Å². The van der Waals surface area contributed by atoms with Crippen LogP contribution in [0.15, 0.2) is 12.4 Å². The molecule has 1 aliphatic rings. The lowest BCUT2D eigenvalue weighted by atomic mass is 10.1. The lowest BCUT2D eigenvalue weighted by molar-refractivity contribution is 0.122. The first-order valence-corrected chi connectivity index (χ1v) is 5.97. The zero-order chi connectivity index (χ0) is 12.3. The Hall–Kier alpha value is -1.36. The molecule has 0 radical (unpaired) electrons. The maximum absolute atomic E-state index is 5.30. The lowest BCUT2D eigenvalue weighted by Crippen LogP contribution is -2.37. The summed E-state index contributed by atoms with van der Waals surface area (Å²) < 4.78 is 5.30. The van der Waals surface area contributed by atoms with Crippen LogP contribution in [0, 0.1) is 0 Å². The van der Waals surface area contributed by atoms with Crippen LogP contribution >= 0.6 is 0 Å². The molecular formula is C12H20N4O. The molecular weight excluding hydrogens is 216 g/mol. The first kappa shape index (κ1) is 12.1. The molecule has 5 heteroatoms. The summed E-state index contributed by atoms with van der Waals surface area (Å²) in [5, 5.41) is 3.34. The quantitative estimate of drug-likeness (QED) is 0.843. The Kier molecular flexibility index (Phi) is 3.47. The monoisotopic (exact) mass is 236 g/mol. The molecule has 0 unspecified atom stereocenters. The fourth-order valence-corrected chi connectivity index (χ4v) is 1.75. The van der Waals surface area contributed by atoms with E-state index in [9.17, 15) is 0 Å². The van der Waals surface area contributed by atoms with Gasteiger partial charge in [-0.1, -0.05) is 0 Å². The van der Waals surface area contributed by atoms with Crippen molar-refractivity contribution in [1.29, 1.82) is 0 Å². The van der Waals surface area contributed by atoms with Crippen molar-refractivity contribution in [3.63, 3.8) is 0 Å². The molecule has 1 aromatic rings. The maximum atomic E-state index is 5.30. The van der Waals surface area contributed by atoms with Gasteiger partial charge < -0.3 is 15.0 Å². The van der Waals surface area contributed by atoms with Crippen molar-refractivity contribution < 1.29 is 4.74 Å². The van der Waals surface area contributed by atoms with Gasteiger partial charge in [-0.05, 0) is 20.8 Å². The van der Waals surface area contributed by atoms with Crippen LogP contribution < -0.4 is 10.2 Å². The molecule has 0 aromatic carbocycles. The van der Waals surface area contributed by atoms with Crippen LogP contribution in [0.5, 0.6) is 0 Å². The molecule has 17 heavy (non-hydrogen) atoms. The van der Waals surface area contributed by atoms with Crippen LogP contribution in [0.1, 0.15) is 20.8 Å². The Morgan fingerprint density at radius 3 is 2.29 bits per heavy atom. The molecule has 1 aliphatic heterocycles. The van der Waals surface area contributed by atoms with Crippen molar-refractivity contribution in [2.75, 3.05) is 36.5 Å². The summed E-state index contributed by atoms with van der Waals surface area (Å²) in [6.45, 7) is 9.59. The van der Waals surface area contributed by atoms with E-state index in [1.54, 1.807) is 0 Å². The van der Waals surface area contributed by atoms with Crippen molar-refractivity contribution in [2.24, 2.45) is 0 Å². The minimum absolute atomic E-state index is 0.0316. The third-order valence-corrected chi connectivity index (χ3v) is 2.45. The van der Waals surface area contributed by atoms with E-state index in [-0.39, 0.29) is 5.54 Å². The summed E-state index contributed by atoms with van der Waals surface area (Å²) in [6.07, 6.45) is 3.67. The summed E-state index contributed by atoms with van der Waals surface area (Å²) in [5.74, 6) is 0.785. The van der Waals surface area contributed by atoms with Gasteiger partial charge in [-0.25, -0.2) is 9.97 Å². The Morgan fingerprint density at radius 1 is 1.18 bits per heavy atom. The van der Waals surface area contributed by atoms with Gasteiger partial charge >= 0.3 is 0 Å². The van der Waals surface area contributed by atoms with E-state index >= 15 is 0 Å². The molecule has 1 saturated heterocycles. The number of rotatable bonds is 2. The first-order valence-electron chi connectivity index (χ1n) is 5.97. The van der Waals surface area contributed by atoms with Crippen LogP contribution in [-0.4, -0.2) is 41.8 Å². The number of hydrogen-bond donors (Lipinski definition) is 1. The molecule has 0 atom stereocenters. The second-order valence-corrected chi connectivity index (χ2v) is 5.25. The summed E-state index contributed by atoms with van der Waals surface area (Å²) in [5.41, 5.74) is 0.985. The van der Waals surface area contributed by atoms with E-state index in [4.69, 9.17) is 4.74 Å². The van der Waals surface area contributed by atoms with Gasteiger partial charge in [0.05, 0.1) is 31.3 Å². The predicted octanol–water partition coefficient (Wildman–Crippen LogP) is 1.52. The SMILES string of the molecule is CC(C)(C)Nc1cnc(N2CCOCC2)nc1. The van der Waals surface area contributed by atoms with Crippen molar-refractivity contribution >= 4 is 11.6 Å². The Morgan fingerprint density at radius 2 is 1.76 bits per heavy atom. The van der Waals surface area contributed by atoms with Crippen LogP contribution in [-0.2, 0) is 4.74 Å². The molecule has 0 saturated carbocycles. The number of ether oxygens (including phenoxy) is 1. The normalized spacial score (nSPS) is 17.0. The predicted molar refractivity (Wildman–Crippen MR) is 68.4 cm³/mol. The standard InChI is InChI=1S/C12H20N4O/c1-12(2,3)15-10-8-13-11(14-9-10)16-4-6-17-7-5-16/h8-9,15H,4-7H2,1-3H3. The lowest BCUT2D eigenvalue weighted by Gasteiger charge is -2.27. The van der Waals surface area contributed by atoms with Crippen molar-refractivity contribution in [2.45, 2.75) is 26.3 Å². The van der Waals surface area contributed by atoms with E-state index in [0.29, 0.717) is 0 Å². The number of anilines is 2. The minimum atomic E-state index is 0.0316. The molecule has 5 nitrogen and oxygen atoms in total. The van der Waals surface area contributed by atoms with Crippen LogP contribution in [0.4, 0.5) is 11.6 Å². The fourth-order valence-electron chi connectivity index (χ4n) is 1.75. The molecule has 94 valence electrons. The zero-order valence-corrected chi connectivity index (χ0v) is 10.7. The molecule has 0 bridgehead atoms. The molecule has 1 fully saturated rings. The molecule has 0 amide bonds. The third kappa shape index (κ3) is 3.56. The molecule has 0 aliphatic carbocycles. The van der Waals surface area contributed by atoms with E-state index in [1.807, 2.05) is 12.4 Å². The topological polar surface area (TPSA) is 50.3 Å². The number of nitrogens with zero attached hydrogens (tertiary/aromatic N) is 3. The number of nitrogens with one attached hydrogen (secondary N) is 1. The summed E-state index contributed by atoms with van der Waals surface area (Å²) in [6, 6.07) is 0. The highest BCUT2D eigenvalue weighted by molar-refractivity contribution is 5.44. The number of aromatic nitrogens is 2. The fraction of sp³-hybridized carbons (Fsp3) is 0.667. The van der Waals surface area contributed by atoms with Gasteiger partial charge in [0, 0.05) is 18.6 Å². The van der Waals surface area contributed by atoms with Gasteiger partial charge in [0.1, 0.15) is 0 Å². The number of morpholine rings is 1. The average molecular weight is 236 g/mol. The van der Waals surface area contributed by atoms with E-state index in [2.05, 4.69) is 41.0 Å². The Labute approximate surface area is 102 Å². The van der Waals surface area contributed by atoms with Crippen LogP contribution in [0.3, 0.4) is 0 Å². The zero-order valence-electron chi connectivity index (χ0n) is 10.7. The first-order chi connectivity index (χ1) is 8.04. The van der Waals surface area contributed by atoms with E-state index in [1.165, 1.54) is 0 Å². The van der Waals surface area contributed by atoms with Gasteiger partial charge in [0.25, 0.3) is 0 Å². The second-order valence-electron chi connectivity index (χ2n) is 5.25. The van der Waals surface area contributed by atoms with Gasteiger partial charge in [-0.3, -0.25) is 0 Å². The molecule has 0 spiro atoms. The summed E-state index contributed by atoms with van der Waals surface area (Å²) >= 11 is 0. The summed E-state index contributed by atoms with van der Waals surface area (Å²) in [4.78, 5) is 10.9. The molecule has 2 heterocycles. The number of hydrogen-bond acceptors (Lipinski definition) is 5. The Bertz CT molecular complexity index is 352. The minimum Gasteiger partial charge on any atom is -0.378 e. The van der Waals surface area contributed by atoms with Gasteiger partial charge in [0.15, 0.2) is 0 Å². The maximum Gasteiger partial charge on any atom is 0.225 e. The van der Waals surface area contributed by atoms with Crippen LogP contribution in [0.2, 0.25) is 0 Å². The van der Waals surface area contributed by atoms with E-state index < -0.39 is 0 Å². The highest BCUT2D eigenvalue weighted by Crippen LogP contribution is 2.15. The smallest absolute Gasteiger partial charge is 0.225 e. The van der Waals surface area contributed by atoms with E-state index in [0.717, 1.165) is 37.9 Å². The van der Waals surface area contributed by atoms with Gasteiger partial charge in [-0.15, -0.1) is 0 Å². The highest BCUT2D eigenvalue weighted by Gasteiger charge is 2.14.